The molecule has 4 nitrogen and oxygen atoms in total. The molecule has 0 saturated carbocycles. The molecular weight excluding hydrogens is 164 g/mol. The first-order valence-corrected chi connectivity index (χ1v) is 3.92. The first-order chi connectivity index (χ1) is 6.15. The molecule has 1 aromatic carbocycles. The Kier molecular flexibility index (Phi) is 2.72. The van der Waals surface area contributed by atoms with Crippen LogP contribution in [0.3, 0.4) is 0 Å². The van der Waals surface area contributed by atoms with Crippen molar-refractivity contribution in [1.82, 2.24) is 0 Å². The van der Waals surface area contributed by atoms with Crippen LogP contribution in [0.4, 0.5) is 11.4 Å². The van der Waals surface area contributed by atoms with Crippen molar-refractivity contribution in [2.24, 2.45) is 5.73 Å². The summed E-state index contributed by atoms with van der Waals surface area (Å²) in [5, 5.41) is 8.46. The van der Waals surface area contributed by atoms with Crippen LogP contribution in [0.5, 0.6) is 0 Å². The first-order valence-electron chi connectivity index (χ1n) is 3.92. The molecule has 68 valence electrons. The van der Waals surface area contributed by atoms with Gasteiger partial charge in [0.15, 0.2) is 0 Å². The van der Waals surface area contributed by atoms with Crippen molar-refractivity contribution in [2.45, 2.75) is 12.5 Å². The quantitative estimate of drug-likeness (QED) is 0.579. The second-order valence-corrected chi connectivity index (χ2v) is 2.86. The van der Waals surface area contributed by atoms with Gasteiger partial charge in [0.05, 0.1) is 12.5 Å². The monoisotopic (exact) mass is 176 g/mol. The van der Waals surface area contributed by atoms with E-state index in [0.29, 0.717) is 11.4 Å². The number of nitrogen functional groups attached to an aromatic ring is 2. The van der Waals surface area contributed by atoms with Gasteiger partial charge in [-0.05, 0) is 23.8 Å². The summed E-state index contributed by atoms with van der Waals surface area (Å²) in [6, 6.07) is 6.75. The van der Waals surface area contributed by atoms with Gasteiger partial charge in [-0.2, -0.15) is 5.26 Å². The topological polar surface area (TPSA) is 102 Å². The lowest BCUT2D eigenvalue weighted by molar-refractivity contribution is 0.751. The summed E-state index contributed by atoms with van der Waals surface area (Å²) in [5.41, 5.74) is 18.9. The third-order valence-electron chi connectivity index (χ3n) is 1.82. The van der Waals surface area contributed by atoms with Crippen molar-refractivity contribution in [3.8, 4) is 6.07 Å². The molecule has 0 heterocycles. The molecule has 0 amide bonds. The van der Waals surface area contributed by atoms with Gasteiger partial charge >= 0.3 is 0 Å². The average Bonchev–Trinajstić information content (AvgIpc) is 2.09. The predicted molar refractivity (Wildman–Crippen MR) is 52.4 cm³/mol. The Morgan fingerprint density at radius 1 is 1.38 bits per heavy atom. The summed E-state index contributed by atoms with van der Waals surface area (Å²) in [7, 11) is 0. The Morgan fingerprint density at radius 2 is 2.08 bits per heavy atom. The molecule has 0 aromatic heterocycles. The lowest BCUT2D eigenvalue weighted by Crippen LogP contribution is -2.12. The highest BCUT2D eigenvalue weighted by Gasteiger charge is 2.08. The average molecular weight is 176 g/mol. The Hall–Kier alpha value is -1.73. The van der Waals surface area contributed by atoms with Gasteiger partial charge in [-0.1, -0.05) is 0 Å². The second-order valence-electron chi connectivity index (χ2n) is 2.86. The standard InChI is InChI=1S/C9H12N4/c10-4-3-9(13)7-5-6(11)1-2-8(7)12/h1-2,5,9H,3,11-13H2/t9-/m0/s1. The summed E-state index contributed by atoms with van der Waals surface area (Å²) in [4.78, 5) is 0. The SMILES string of the molecule is N#CC[C@H](N)c1cc(N)ccc1N. The van der Waals surface area contributed by atoms with Gasteiger partial charge in [-0.15, -0.1) is 0 Å². The molecule has 0 spiro atoms. The molecule has 0 saturated heterocycles. The number of hydrogen-bond donors (Lipinski definition) is 3. The van der Waals surface area contributed by atoms with E-state index < -0.39 is 0 Å². The van der Waals surface area contributed by atoms with E-state index in [2.05, 4.69) is 0 Å². The molecule has 0 fully saturated rings. The van der Waals surface area contributed by atoms with Gasteiger partial charge in [0.1, 0.15) is 0 Å². The lowest BCUT2D eigenvalue weighted by Gasteiger charge is -2.11. The summed E-state index contributed by atoms with van der Waals surface area (Å²) in [6.07, 6.45) is 0.244. The number of nitriles is 1. The molecule has 1 aromatic rings. The van der Waals surface area contributed by atoms with Crippen LogP contribution in [0.1, 0.15) is 18.0 Å². The number of anilines is 2. The first kappa shape index (κ1) is 9.36. The third-order valence-corrected chi connectivity index (χ3v) is 1.82. The Balaban J connectivity index is 3.00. The van der Waals surface area contributed by atoms with E-state index in [0.717, 1.165) is 5.56 Å². The molecular formula is C9H12N4. The van der Waals surface area contributed by atoms with Crippen molar-refractivity contribution in [3.05, 3.63) is 23.8 Å². The van der Waals surface area contributed by atoms with Crippen LogP contribution in [-0.2, 0) is 0 Å². The molecule has 0 aliphatic carbocycles. The summed E-state index contributed by atoms with van der Waals surface area (Å²) >= 11 is 0. The number of nitrogens with zero attached hydrogens (tertiary/aromatic N) is 1. The van der Waals surface area contributed by atoms with Crippen molar-refractivity contribution in [1.29, 1.82) is 5.26 Å². The summed E-state index contributed by atoms with van der Waals surface area (Å²) in [5.74, 6) is 0. The van der Waals surface area contributed by atoms with E-state index in [4.69, 9.17) is 22.5 Å². The zero-order valence-electron chi connectivity index (χ0n) is 7.20. The lowest BCUT2D eigenvalue weighted by atomic mass is 10.0. The van der Waals surface area contributed by atoms with E-state index in [1.54, 1.807) is 18.2 Å². The van der Waals surface area contributed by atoms with Crippen LogP contribution in [0.25, 0.3) is 0 Å². The molecule has 13 heavy (non-hydrogen) atoms. The largest absolute Gasteiger partial charge is 0.399 e. The molecule has 0 bridgehead atoms. The number of nitrogens with two attached hydrogens (primary N) is 3. The van der Waals surface area contributed by atoms with Gasteiger partial charge in [0.2, 0.25) is 0 Å². The van der Waals surface area contributed by atoms with Crippen LogP contribution in [-0.4, -0.2) is 0 Å². The minimum atomic E-state index is -0.353. The fourth-order valence-corrected chi connectivity index (χ4v) is 1.12. The van der Waals surface area contributed by atoms with Crippen molar-refractivity contribution >= 4 is 11.4 Å². The van der Waals surface area contributed by atoms with Gasteiger partial charge < -0.3 is 17.2 Å². The van der Waals surface area contributed by atoms with E-state index in [1.165, 1.54) is 0 Å². The number of hydrogen-bond acceptors (Lipinski definition) is 4. The number of benzene rings is 1. The maximum absolute atomic E-state index is 8.46. The van der Waals surface area contributed by atoms with Crippen LogP contribution in [0.2, 0.25) is 0 Å². The van der Waals surface area contributed by atoms with Gasteiger partial charge in [0.25, 0.3) is 0 Å². The molecule has 1 rings (SSSR count). The normalized spacial score (nSPS) is 12.0. The molecule has 0 radical (unpaired) electrons. The smallest absolute Gasteiger partial charge is 0.0641 e. The van der Waals surface area contributed by atoms with Crippen LogP contribution in [0.15, 0.2) is 18.2 Å². The maximum atomic E-state index is 8.46. The van der Waals surface area contributed by atoms with Crippen LogP contribution in [0, 0.1) is 11.3 Å². The Bertz CT molecular complexity index is 340. The van der Waals surface area contributed by atoms with Gasteiger partial charge in [0, 0.05) is 17.4 Å². The highest BCUT2D eigenvalue weighted by molar-refractivity contribution is 5.56. The highest BCUT2D eigenvalue weighted by Crippen LogP contribution is 2.22. The van der Waals surface area contributed by atoms with Gasteiger partial charge in [-0.25, -0.2) is 0 Å². The van der Waals surface area contributed by atoms with E-state index in [1.807, 2.05) is 6.07 Å². The summed E-state index contributed by atoms with van der Waals surface area (Å²) < 4.78 is 0. The highest BCUT2D eigenvalue weighted by atomic mass is 14.7. The predicted octanol–water partition coefficient (Wildman–Crippen LogP) is 0.764. The maximum Gasteiger partial charge on any atom is 0.0641 e. The fourth-order valence-electron chi connectivity index (χ4n) is 1.12. The van der Waals surface area contributed by atoms with Crippen molar-refractivity contribution in [3.63, 3.8) is 0 Å². The van der Waals surface area contributed by atoms with Gasteiger partial charge in [-0.3, -0.25) is 0 Å². The molecule has 1 atom stereocenters. The fraction of sp³-hybridized carbons (Fsp3) is 0.222. The Morgan fingerprint density at radius 3 is 2.69 bits per heavy atom. The minimum Gasteiger partial charge on any atom is -0.399 e. The molecule has 0 aliphatic rings. The molecule has 4 heteroatoms. The van der Waals surface area contributed by atoms with E-state index in [-0.39, 0.29) is 12.5 Å². The van der Waals surface area contributed by atoms with Crippen molar-refractivity contribution < 1.29 is 0 Å². The van der Waals surface area contributed by atoms with Crippen LogP contribution >= 0.6 is 0 Å². The Labute approximate surface area is 76.9 Å². The summed E-state index contributed by atoms with van der Waals surface area (Å²) in [6.45, 7) is 0. The molecule has 6 N–H and O–H groups in total. The molecule has 0 aliphatic heterocycles. The van der Waals surface area contributed by atoms with Crippen molar-refractivity contribution in [2.75, 3.05) is 11.5 Å². The minimum absolute atomic E-state index is 0.244. The van der Waals surface area contributed by atoms with Crippen LogP contribution < -0.4 is 17.2 Å². The van der Waals surface area contributed by atoms with E-state index >= 15 is 0 Å². The molecule has 0 unspecified atom stereocenters. The zero-order chi connectivity index (χ0) is 9.84. The van der Waals surface area contributed by atoms with E-state index in [9.17, 15) is 0 Å². The third kappa shape index (κ3) is 2.10. The number of rotatable bonds is 2. The zero-order valence-corrected chi connectivity index (χ0v) is 7.20. The second kappa shape index (κ2) is 3.78.